The number of rotatable bonds is 4. The number of pyridine rings is 2. The number of aromatic nitrogens is 2. The van der Waals surface area contributed by atoms with E-state index in [2.05, 4.69) is 10.3 Å². The highest BCUT2D eigenvalue weighted by Gasteiger charge is 2.36. The van der Waals surface area contributed by atoms with Crippen LogP contribution in [0.1, 0.15) is 33.6 Å². The topological polar surface area (TPSA) is 50.2 Å². The van der Waals surface area contributed by atoms with Gasteiger partial charge in [0.25, 0.3) is 0 Å². The standard InChI is InChI=1S/C20H26F2N4O/c1-20(2,3)26-7-6-17(27)14-8-15(21)19(24-18(14)26)25-10-12(16(22)11-25)9-23-13-4-5-13/h6-8,12-13,16,23H,4-5,9-11H2,1-3H3/t12-,16+/m0/s1. The Kier molecular flexibility index (Phi) is 4.45. The maximum absolute atomic E-state index is 14.8. The van der Waals surface area contributed by atoms with E-state index in [-0.39, 0.29) is 34.6 Å². The summed E-state index contributed by atoms with van der Waals surface area (Å²) in [6.45, 7) is 7.13. The van der Waals surface area contributed by atoms with E-state index in [0.717, 1.165) is 12.8 Å². The number of nitrogens with one attached hydrogen (secondary N) is 1. The smallest absolute Gasteiger partial charge is 0.191 e. The van der Waals surface area contributed by atoms with Crippen molar-refractivity contribution in [2.24, 2.45) is 5.92 Å². The Labute approximate surface area is 157 Å². The van der Waals surface area contributed by atoms with Crippen molar-refractivity contribution in [3.8, 4) is 0 Å². The zero-order valence-electron chi connectivity index (χ0n) is 16.0. The molecule has 0 radical (unpaired) electrons. The molecule has 2 aliphatic rings. The fourth-order valence-corrected chi connectivity index (χ4v) is 3.70. The zero-order chi connectivity index (χ0) is 19.3. The van der Waals surface area contributed by atoms with Gasteiger partial charge < -0.3 is 14.8 Å². The minimum absolute atomic E-state index is 0.124. The maximum Gasteiger partial charge on any atom is 0.191 e. The molecule has 0 aromatic carbocycles. The van der Waals surface area contributed by atoms with Crippen molar-refractivity contribution in [2.45, 2.75) is 51.4 Å². The van der Waals surface area contributed by atoms with E-state index < -0.39 is 12.0 Å². The van der Waals surface area contributed by atoms with E-state index in [1.54, 1.807) is 11.1 Å². The summed E-state index contributed by atoms with van der Waals surface area (Å²) in [5.41, 5.74) is -0.153. The quantitative estimate of drug-likeness (QED) is 0.892. The SMILES string of the molecule is CC(C)(C)n1ccc(=O)c2cc(F)c(N3C[C@H](CNC4CC4)[C@H](F)C3)nc21. The number of anilines is 1. The minimum Gasteiger partial charge on any atom is -0.351 e. The largest absolute Gasteiger partial charge is 0.351 e. The lowest BCUT2D eigenvalue weighted by Gasteiger charge is -2.26. The highest BCUT2D eigenvalue weighted by Crippen LogP contribution is 2.30. The molecule has 2 aromatic rings. The molecule has 2 fully saturated rings. The molecule has 0 amide bonds. The van der Waals surface area contributed by atoms with Gasteiger partial charge in [-0.25, -0.2) is 13.8 Å². The first-order chi connectivity index (χ1) is 12.7. The van der Waals surface area contributed by atoms with Crippen LogP contribution < -0.4 is 15.6 Å². The van der Waals surface area contributed by atoms with Gasteiger partial charge in [-0.2, -0.15) is 0 Å². The Morgan fingerprint density at radius 1 is 1.30 bits per heavy atom. The number of halogens is 2. The first kappa shape index (κ1) is 18.3. The third-order valence-electron chi connectivity index (χ3n) is 5.44. The molecule has 2 atom stereocenters. The fraction of sp³-hybridized carbons (Fsp3) is 0.600. The summed E-state index contributed by atoms with van der Waals surface area (Å²) in [5, 5.41) is 3.60. The molecular formula is C20H26F2N4O. The van der Waals surface area contributed by atoms with Crippen molar-refractivity contribution >= 4 is 16.9 Å². The van der Waals surface area contributed by atoms with Gasteiger partial charge in [0.05, 0.1) is 11.9 Å². The predicted octanol–water partition coefficient (Wildman–Crippen LogP) is 2.82. The molecule has 1 aliphatic carbocycles. The molecule has 1 N–H and O–H groups in total. The molecule has 0 spiro atoms. The van der Waals surface area contributed by atoms with Crippen molar-refractivity contribution in [3.63, 3.8) is 0 Å². The van der Waals surface area contributed by atoms with Gasteiger partial charge >= 0.3 is 0 Å². The number of hydrogen-bond acceptors (Lipinski definition) is 4. The molecule has 27 heavy (non-hydrogen) atoms. The molecule has 146 valence electrons. The summed E-state index contributed by atoms with van der Waals surface area (Å²) in [6.07, 6.45) is 2.97. The summed E-state index contributed by atoms with van der Waals surface area (Å²) in [4.78, 5) is 18.4. The van der Waals surface area contributed by atoms with E-state index in [0.29, 0.717) is 24.8 Å². The molecule has 2 aromatic heterocycles. The van der Waals surface area contributed by atoms with Crippen LogP contribution in [0, 0.1) is 11.7 Å². The first-order valence-corrected chi connectivity index (χ1v) is 9.59. The van der Waals surface area contributed by atoms with E-state index >= 15 is 0 Å². The summed E-state index contributed by atoms with van der Waals surface area (Å²) >= 11 is 0. The Bertz CT molecular complexity index is 917. The molecule has 1 saturated carbocycles. The lowest BCUT2D eigenvalue weighted by molar-refractivity contribution is 0.276. The van der Waals surface area contributed by atoms with Crippen molar-refractivity contribution in [2.75, 3.05) is 24.5 Å². The second-order valence-electron chi connectivity index (χ2n) is 8.75. The van der Waals surface area contributed by atoms with Crippen LogP contribution in [-0.4, -0.2) is 41.4 Å². The van der Waals surface area contributed by atoms with Crippen LogP contribution in [0.25, 0.3) is 11.0 Å². The van der Waals surface area contributed by atoms with Crippen molar-refractivity contribution in [1.29, 1.82) is 0 Å². The van der Waals surface area contributed by atoms with Crippen LogP contribution in [0.2, 0.25) is 0 Å². The highest BCUT2D eigenvalue weighted by molar-refractivity contribution is 5.77. The molecule has 4 rings (SSSR count). The predicted molar refractivity (Wildman–Crippen MR) is 103 cm³/mol. The van der Waals surface area contributed by atoms with Gasteiger partial charge in [-0.3, -0.25) is 4.79 Å². The molecule has 3 heterocycles. The molecule has 0 bridgehead atoms. The summed E-state index contributed by atoms with van der Waals surface area (Å²) in [5.74, 6) is -0.625. The van der Waals surface area contributed by atoms with Crippen LogP contribution in [-0.2, 0) is 5.54 Å². The van der Waals surface area contributed by atoms with Crippen LogP contribution >= 0.6 is 0 Å². The number of fused-ring (bicyclic) bond motifs is 1. The summed E-state index contributed by atoms with van der Waals surface area (Å²) in [6, 6.07) is 3.19. The van der Waals surface area contributed by atoms with E-state index in [9.17, 15) is 13.6 Å². The summed E-state index contributed by atoms with van der Waals surface area (Å²) < 4.78 is 31.1. The lowest BCUT2D eigenvalue weighted by Crippen LogP contribution is -2.30. The van der Waals surface area contributed by atoms with Gasteiger partial charge in [0.1, 0.15) is 11.8 Å². The molecule has 1 saturated heterocycles. The number of alkyl halides is 1. The molecule has 7 heteroatoms. The molecule has 0 unspecified atom stereocenters. The van der Waals surface area contributed by atoms with Crippen molar-refractivity contribution in [1.82, 2.24) is 14.9 Å². The van der Waals surface area contributed by atoms with Crippen LogP contribution in [0.3, 0.4) is 0 Å². The Morgan fingerprint density at radius 2 is 2.04 bits per heavy atom. The van der Waals surface area contributed by atoms with Crippen molar-refractivity contribution < 1.29 is 8.78 Å². The monoisotopic (exact) mass is 376 g/mol. The average molecular weight is 376 g/mol. The number of hydrogen-bond donors (Lipinski definition) is 1. The third kappa shape index (κ3) is 3.57. The number of nitrogens with zero attached hydrogens (tertiary/aromatic N) is 3. The Hall–Kier alpha value is -2.02. The van der Waals surface area contributed by atoms with Crippen LogP contribution in [0.4, 0.5) is 14.6 Å². The van der Waals surface area contributed by atoms with Gasteiger partial charge in [0.15, 0.2) is 17.1 Å². The normalized spacial score (nSPS) is 23.4. The highest BCUT2D eigenvalue weighted by atomic mass is 19.1. The fourth-order valence-electron chi connectivity index (χ4n) is 3.70. The Balaban J connectivity index is 1.69. The van der Waals surface area contributed by atoms with E-state index in [1.165, 1.54) is 12.1 Å². The zero-order valence-corrected chi connectivity index (χ0v) is 16.0. The molecule has 1 aliphatic heterocycles. The van der Waals surface area contributed by atoms with Gasteiger partial charge in [-0.05, 0) is 39.7 Å². The van der Waals surface area contributed by atoms with Crippen LogP contribution in [0.15, 0.2) is 23.1 Å². The van der Waals surface area contributed by atoms with Gasteiger partial charge in [0.2, 0.25) is 0 Å². The second kappa shape index (κ2) is 6.55. The maximum atomic E-state index is 14.8. The molecule has 5 nitrogen and oxygen atoms in total. The minimum atomic E-state index is -1.02. The van der Waals surface area contributed by atoms with Gasteiger partial charge in [0, 0.05) is 42.9 Å². The second-order valence-corrected chi connectivity index (χ2v) is 8.75. The lowest BCUT2D eigenvalue weighted by atomic mass is 10.1. The van der Waals surface area contributed by atoms with Gasteiger partial charge in [-0.1, -0.05) is 0 Å². The van der Waals surface area contributed by atoms with E-state index in [1.807, 2.05) is 25.3 Å². The van der Waals surface area contributed by atoms with Gasteiger partial charge in [-0.15, -0.1) is 0 Å². The first-order valence-electron chi connectivity index (χ1n) is 9.59. The van der Waals surface area contributed by atoms with Crippen molar-refractivity contribution in [3.05, 3.63) is 34.4 Å². The Morgan fingerprint density at radius 3 is 2.70 bits per heavy atom. The average Bonchev–Trinajstić information content (AvgIpc) is 3.34. The summed E-state index contributed by atoms with van der Waals surface area (Å²) in [7, 11) is 0. The third-order valence-corrected chi connectivity index (χ3v) is 5.44. The van der Waals surface area contributed by atoms with E-state index in [4.69, 9.17) is 0 Å². The molecular weight excluding hydrogens is 350 g/mol. The van der Waals surface area contributed by atoms with Crippen LogP contribution in [0.5, 0.6) is 0 Å².